The number of hydrogen-bond acceptors (Lipinski definition) is 3. The maximum absolute atomic E-state index is 13.1. The quantitative estimate of drug-likeness (QED) is 0.859. The number of ether oxygens (including phenoxy) is 1. The van der Waals surface area contributed by atoms with E-state index in [0.29, 0.717) is 17.2 Å². The number of nitrogens with two attached hydrogens (primary N) is 1. The minimum absolute atomic E-state index is 0.305. The summed E-state index contributed by atoms with van der Waals surface area (Å²) in [6.07, 6.45) is 0. The molecule has 2 aromatic rings. The Morgan fingerprint density at radius 2 is 2.18 bits per heavy atom. The topological polar surface area (TPSA) is 63.9 Å². The van der Waals surface area contributed by atoms with Crippen LogP contribution in [0.25, 0.3) is 0 Å². The van der Waals surface area contributed by atoms with Crippen LogP contribution in [0, 0.1) is 12.7 Å². The number of rotatable bonds is 3. The zero-order valence-electron chi connectivity index (χ0n) is 9.70. The van der Waals surface area contributed by atoms with Crippen molar-refractivity contribution in [1.29, 1.82) is 0 Å². The standard InChI is InChI=1S/C12H14FN3O/c1-7-5-12(16-15-7)17-11-4-3-9(13)6-10(11)8(2)14/h3-6,8H,14H2,1-2H3,(H,15,16)/t8-/m1/s1. The number of nitrogens with zero attached hydrogens (tertiary/aromatic N) is 1. The number of aromatic amines is 1. The van der Waals surface area contributed by atoms with Gasteiger partial charge in [-0.3, -0.25) is 5.10 Å². The molecule has 0 unspecified atom stereocenters. The summed E-state index contributed by atoms with van der Waals surface area (Å²) in [6, 6.07) is 5.72. The second-order valence-corrected chi connectivity index (χ2v) is 3.96. The van der Waals surface area contributed by atoms with Gasteiger partial charge in [0.2, 0.25) is 5.88 Å². The van der Waals surface area contributed by atoms with Crippen molar-refractivity contribution in [1.82, 2.24) is 10.2 Å². The van der Waals surface area contributed by atoms with Gasteiger partial charge < -0.3 is 10.5 Å². The molecule has 0 saturated carbocycles. The van der Waals surface area contributed by atoms with Gasteiger partial charge in [-0.25, -0.2) is 4.39 Å². The van der Waals surface area contributed by atoms with Crippen LogP contribution < -0.4 is 10.5 Å². The lowest BCUT2D eigenvalue weighted by atomic mass is 10.1. The predicted molar refractivity (Wildman–Crippen MR) is 62.4 cm³/mol. The molecule has 0 bridgehead atoms. The van der Waals surface area contributed by atoms with Crippen LogP contribution in [0.1, 0.15) is 24.2 Å². The van der Waals surface area contributed by atoms with Crippen molar-refractivity contribution >= 4 is 0 Å². The Hall–Kier alpha value is -1.88. The third-order valence-corrected chi connectivity index (χ3v) is 2.36. The highest BCUT2D eigenvalue weighted by molar-refractivity contribution is 5.38. The van der Waals surface area contributed by atoms with Crippen LogP contribution in [0.5, 0.6) is 11.6 Å². The largest absolute Gasteiger partial charge is 0.437 e. The van der Waals surface area contributed by atoms with E-state index >= 15 is 0 Å². The van der Waals surface area contributed by atoms with Crippen molar-refractivity contribution in [2.24, 2.45) is 5.73 Å². The van der Waals surface area contributed by atoms with E-state index in [1.165, 1.54) is 12.1 Å². The first-order valence-corrected chi connectivity index (χ1v) is 5.31. The molecule has 0 spiro atoms. The fourth-order valence-electron chi connectivity index (χ4n) is 1.53. The molecule has 0 radical (unpaired) electrons. The van der Waals surface area contributed by atoms with Gasteiger partial charge in [0.05, 0.1) is 0 Å². The lowest BCUT2D eigenvalue weighted by Gasteiger charge is -2.12. The number of nitrogens with one attached hydrogen (secondary N) is 1. The van der Waals surface area contributed by atoms with Crippen LogP contribution in [0.4, 0.5) is 4.39 Å². The molecule has 1 aromatic heterocycles. The average molecular weight is 235 g/mol. The van der Waals surface area contributed by atoms with E-state index in [9.17, 15) is 4.39 Å². The second kappa shape index (κ2) is 4.55. The van der Waals surface area contributed by atoms with Crippen molar-refractivity contribution in [2.45, 2.75) is 19.9 Å². The van der Waals surface area contributed by atoms with Crippen LogP contribution in [0.15, 0.2) is 24.3 Å². The second-order valence-electron chi connectivity index (χ2n) is 3.96. The van der Waals surface area contributed by atoms with E-state index < -0.39 is 0 Å². The van der Waals surface area contributed by atoms with Gasteiger partial charge in [0, 0.05) is 23.4 Å². The van der Waals surface area contributed by atoms with Gasteiger partial charge in [0.1, 0.15) is 11.6 Å². The molecule has 1 aromatic carbocycles. The molecule has 0 fully saturated rings. The maximum atomic E-state index is 13.1. The van der Waals surface area contributed by atoms with Gasteiger partial charge in [0.15, 0.2) is 0 Å². The SMILES string of the molecule is Cc1cc(Oc2ccc(F)cc2[C@@H](C)N)n[nH]1. The molecule has 0 aliphatic heterocycles. The number of benzene rings is 1. The Bertz CT molecular complexity index is 522. The molecule has 0 amide bonds. The Morgan fingerprint density at radius 3 is 2.76 bits per heavy atom. The number of hydrogen-bond donors (Lipinski definition) is 2. The molecule has 0 saturated heterocycles. The fraction of sp³-hybridized carbons (Fsp3) is 0.250. The van der Waals surface area contributed by atoms with E-state index in [0.717, 1.165) is 5.69 Å². The van der Waals surface area contributed by atoms with Gasteiger partial charge >= 0.3 is 0 Å². The number of aromatic nitrogens is 2. The highest BCUT2D eigenvalue weighted by Crippen LogP contribution is 2.28. The van der Waals surface area contributed by atoms with Crippen LogP contribution >= 0.6 is 0 Å². The van der Waals surface area contributed by atoms with Gasteiger partial charge in [-0.2, -0.15) is 0 Å². The molecule has 5 heteroatoms. The van der Waals surface area contributed by atoms with Crippen LogP contribution in [0.2, 0.25) is 0 Å². The Kier molecular flexibility index (Phi) is 3.10. The first-order valence-electron chi connectivity index (χ1n) is 5.31. The lowest BCUT2D eigenvalue weighted by molar-refractivity contribution is 0.450. The van der Waals surface area contributed by atoms with Gasteiger partial charge in [-0.05, 0) is 32.0 Å². The Morgan fingerprint density at radius 1 is 1.41 bits per heavy atom. The summed E-state index contributed by atoms with van der Waals surface area (Å²) in [5, 5.41) is 6.72. The summed E-state index contributed by atoms with van der Waals surface area (Å²) in [5.41, 5.74) is 7.28. The average Bonchev–Trinajstić information content (AvgIpc) is 2.66. The van der Waals surface area contributed by atoms with Gasteiger partial charge in [-0.15, -0.1) is 5.10 Å². The molecule has 1 heterocycles. The van der Waals surface area contributed by atoms with Crippen molar-refractivity contribution in [2.75, 3.05) is 0 Å². The molecule has 90 valence electrons. The molecule has 3 N–H and O–H groups in total. The zero-order valence-corrected chi connectivity index (χ0v) is 9.70. The minimum Gasteiger partial charge on any atom is -0.437 e. The summed E-state index contributed by atoms with van der Waals surface area (Å²) in [6.45, 7) is 3.65. The molecular weight excluding hydrogens is 221 g/mol. The fourth-order valence-corrected chi connectivity index (χ4v) is 1.53. The predicted octanol–water partition coefficient (Wildman–Crippen LogP) is 2.67. The molecule has 4 nitrogen and oxygen atoms in total. The summed E-state index contributed by atoms with van der Waals surface area (Å²) in [4.78, 5) is 0. The van der Waals surface area contributed by atoms with Gasteiger partial charge in [0.25, 0.3) is 0 Å². The normalized spacial score (nSPS) is 12.5. The van der Waals surface area contributed by atoms with Crippen LogP contribution in [-0.2, 0) is 0 Å². The van der Waals surface area contributed by atoms with Crippen molar-refractivity contribution in [3.8, 4) is 11.6 Å². The van der Waals surface area contributed by atoms with E-state index in [4.69, 9.17) is 10.5 Å². The molecular formula is C12H14FN3O. The maximum Gasteiger partial charge on any atom is 0.238 e. The smallest absolute Gasteiger partial charge is 0.238 e. The first kappa shape index (κ1) is 11.6. The monoisotopic (exact) mass is 235 g/mol. The molecule has 17 heavy (non-hydrogen) atoms. The first-order chi connectivity index (χ1) is 8.06. The van der Waals surface area contributed by atoms with E-state index in [1.807, 2.05) is 6.92 Å². The highest BCUT2D eigenvalue weighted by atomic mass is 19.1. The van der Waals surface area contributed by atoms with Crippen molar-refractivity contribution in [3.63, 3.8) is 0 Å². The van der Waals surface area contributed by atoms with E-state index in [-0.39, 0.29) is 11.9 Å². The van der Waals surface area contributed by atoms with Crippen molar-refractivity contribution < 1.29 is 9.13 Å². The minimum atomic E-state index is -0.331. The summed E-state index contributed by atoms with van der Waals surface area (Å²) >= 11 is 0. The number of H-pyrrole nitrogens is 1. The van der Waals surface area contributed by atoms with Crippen LogP contribution in [0.3, 0.4) is 0 Å². The number of aryl methyl sites for hydroxylation is 1. The van der Waals surface area contributed by atoms with Gasteiger partial charge in [-0.1, -0.05) is 0 Å². The molecule has 2 rings (SSSR count). The summed E-state index contributed by atoms with van der Waals surface area (Å²) in [5.74, 6) is 0.631. The Balaban J connectivity index is 2.32. The number of halogens is 1. The van der Waals surface area contributed by atoms with E-state index in [1.54, 1.807) is 19.1 Å². The molecule has 0 aliphatic carbocycles. The Labute approximate surface area is 98.6 Å². The molecule has 0 aliphatic rings. The van der Waals surface area contributed by atoms with Crippen LogP contribution in [-0.4, -0.2) is 10.2 Å². The van der Waals surface area contributed by atoms with E-state index in [2.05, 4.69) is 10.2 Å². The molecule has 1 atom stereocenters. The van der Waals surface area contributed by atoms with Crippen molar-refractivity contribution in [3.05, 3.63) is 41.3 Å². The summed E-state index contributed by atoms with van der Waals surface area (Å²) in [7, 11) is 0. The highest BCUT2D eigenvalue weighted by Gasteiger charge is 2.11. The summed E-state index contributed by atoms with van der Waals surface area (Å²) < 4.78 is 18.7. The lowest BCUT2D eigenvalue weighted by Crippen LogP contribution is -2.07. The third-order valence-electron chi connectivity index (χ3n) is 2.36. The zero-order chi connectivity index (χ0) is 12.4. The third kappa shape index (κ3) is 2.62.